The molecule has 0 atom stereocenters. The van der Waals surface area contributed by atoms with E-state index in [1.165, 1.54) is 5.56 Å². The van der Waals surface area contributed by atoms with Crippen molar-refractivity contribution in [3.8, 4) is 0 Å². The smallest absolute Gasteiger partial charge is 0.0479 e. The number of likely N-dealkylation sites (tertiary alicyclic amines) is 1. The van der Waals surface area contributed by atoms with Gasteiger partial charge in [0.2, 0.25) is 0 Å². The molecule has 0 radical (unpaired) electrons. The highest BCUT2D eigenvalue weighted by Crippen LogP contribution is 2.24. The summed E-state index contributed by atoms with van der Waals surface area (Å²) in [5, 5.41) is 0. The molecule has 3 nitrogen and oxygen atoms in total. The molecule has 0 spiro atoms. The first-order valence-electron chi connectivity index (χ1n) is 6.76. The predicted molar refractivity (Wildman–Crippen MR) is 74.4 cm³/mol. The first kappa shape index (κ1) is 13.5. The zero-order valence-corrected chi connectivity index (χ0v) is 11.3. The molecular weight excluding hydrogens is 224 g/mol. The number of piperidine rings is 1. The minimum absolute atomic E-state index is 0.0107. The van der Waals surface area contributed by atoms with Crippen LogP contribution >= 0.6 is 0 Å². The molecule has 2 N–H and O–H groups in total. The third kappa shape index (κ3) is 3.80. The zero-order chi connectivity index (χ0) is 12.8. The number of nitrogens with zero attached hydrogens (tertiary/aromatic N) is 1. The van der Waals surface area contributed by atoms with Crippen molar-refractivity contribution in [3.63, 3.8) is 0 Å². The lowest BCUT2D eigenvalue weighted by Crippen LogP contribution is -2.50. The summed E-state index contributed by atoms with van der Waals surface area (Å²) in [5.41, 5.74) is 7.77. The van der Waals surface area contributed by atoms with Gasteiger partial charge in [0.05, 0.1) is 0 Å². The Hall–Kier alpha value is -0.900. The first-order chi connectivity index (χ1) is 8.72. The molecule has 0 unspecified atom stereocenters. The highest BCUT2D eigenvalue weighted by molar-refractivity contribution is 5.14. The van der Waals surface area contributed by atoms with Crippen LogP contribution in [-0.2, 0) is 11.3 Å². The Morgan fingerprint density at radius 2 is 1.89 bits per heavy atom. The normalized spacial score (nSPS) is 19.9. The van der Waals surface area contributed by atoms with Crippen LogP contribution in [0.1, 0.15) is 24.8 Å². The fourth-order valence-corrected chi connectivity index (χ4v) is 2.55. The van der Waals surface area contributed by atoms with E-state index in [4.69, 9.17) is 10.5 Å². The van der Waals surface area contributed by atoms with Crippen molar-refractivity contribution in [2.75, 3.05) is 26.8 Å². The van der Waals surface area contributed by atoms with E-state index >= 15 is 0 Å². The van der Waals surface area contributed by atoms with Crippen molar-refractivity contribution in [2.24, 2.45) is 5.73 Å². The quantitative estimate of drug-likeness (QED) is 0.866. The highest BCUT2D eigenvalue weighted by atomic mass is 16.5. The number of hydrogen-bond donors (Lipinski definition) is 1. The van der Waals surface area contributed by atoms with Crippen LogP contribution in [-0.4, -0.2) is 37.2 Å². The molecule has 1 aliphatic heterocycles. The fraction of sp³-hybridized carbons (Fsp3) is 0.600. The maximum absolute atomic E-state index is 6.39. The van der Waals surface area contributed by atoms with Crippen LogP contribution in [0.2, 0.25) is 0 Å². The van der Waals surface area contributed by atoms with Crippen molar-refractivity contribution in [1.29, 1.82) is 0 Å². The van der Waals surface area contributed by atoms with E-state index in [9.17, 15) is 0 Å². The summed E-state index contributed by atoms with van der Waals surface area (Å²) < 4.78 is 5.14. The summed E-state index contributed by atoms with van der Waals surface area (Å²) in [6, 6.07) is 10.6. The van der Waals surface area contributed by atoms with Gasteiger partial charge in [-0.05, 0) is 24.8 Å². The summed E-state index contributed by atoms with van der Waals surface area (Å²) in [4.78, 5) is 2.49. The summed E-state index contributed by atoms with van der Waals surface area (Å²) >= 11 is 0. The van der Waals surface area contributed by atoms with Crippen molar-refractivity contribution in [3.05, 3.63) is 35.9 Å². The summed E-state index contributed by atoms with van der Waals surface area (Å²) in [5.74, 6) is 0. The molecule has 1 aromatic rings. The Morgan fingerprint density at radius 3 is 2.50 bits per heavy atom. The van der Waals surface area contributed by atoms with Gasteiger partial charge >= 0.3 is 0 Å². The van der Waals surface area contributed by atoms with E-state index in [0.717, 1.165) is 45.5 Å². The number of nitrogens with two attached hydrogens (primary N) is 1. The lowest BCUT2D eigenvalue weighted by Gasteiger charge is -2.39. The van der Waals surface area contributed by atoms with Crippen LogP contribution in [0.5, 0.6) is 0 Å². The Balaban J connectivity index is 1.80. The molecule has 1 aliphatic rings. The molecule has 2 rings (SSSR count). The van der Waals surface area contributed by atoms with Gasteiger partial charge in [0.15, 0.2) is 0 Å². The van der Waals surface area contributed by atoms with Gasteiger partial charge in [0, 0.05) is 38.9 Å². The van der Waals surface area contributed by atoms with E-state index in [-0.39, 0.29) is 5.54 Å². The van der Waals surface area contributed by atoms with Crippen molar-refractivity contribution in [2.45, 2.75) is 31.3 Å². The molecule has 0 aromatic heterocycles. The standard InChI is InChI=1S/C15H24N2O/c1-18-12-9-15(16)7-10-17(11-8-15)13-14-5-3-2-4-6-14/h2-6H,7-13,16H2,1H3. The maximum atomic E-state index is 6.39. The fourth-order valence-electron chi connectivity index (χ4n) is 2.55. The second-order valence-corrected chi connectivity index (χ2v) is 5.37. The SMILES string of the molecule is COCCC1(N)CCN(Cc2ccccc2)CC1. The Bertz CT molecular complexity index is 345. The van der Waals surface area contributed by atoms with Crippen LogP contribution < -0.4 is 5.73 Å². The van der Waals surface area contributed by atoms with E-state index in [1.54, 1.807) is 7.11 Å². The van der Waals surface area contributed by atoms with Crippen LogP contribution in [0.4, 0.5) is 0 Å². The number of methoxy groups -OCH3 is 1. The van der Waals surface area contributed by atoms with Gasteiger partial charge in [0.25, 0.3) is 0 Å². The summed E-state index contributed by atoms with van der Waals surface area (Å²) in [6.45, 7) is 4.00. The topological polar surface area (TPSA) is 38.5 Å². The molecule has 100 valence electrons. The molecule has 0 aliphatic carbocycles. The molecule has 0 bridgehead atoms. The Kier molecular flexibility index (Phi) is 4.75. The second-order valence-electron chi connectivity index (χ2n) is 5.37. The van der Waals surface area contributed by atoms with Crippen molar-refractivity contribution < 1.29 is 4.74 Å². The average molecular weight is 248 g/mol. The molecular formula is C15H24N2O. The van der Waals surface area contributed by atoms with Crippen molar-refractivity contribution >= 4 is 0 Å². The van der Waals surface area contributed by atoms with Gasteiger partial charge in [-0.3, -0.25) is 4.90 Å². The molecule has 1 saturated heterocycles. The van der Waals surface area contributed by atoms with Crippen molar-refractivity contribution in [1.82, 2.24) is 4.90 Å². The van der Waals surface area contributed by atoms with Crippen LogP contribution in [0.25, 0.3) is 0 Å². The van der Waals surface area contributed by atoms with Gasteiger partial charge in [-0.1, -0.05) is 30.3 Å². The lowest BCUT2D eigenvalue weighted by atomic mass is 9.85. The van der Waals surface area contributed by atoms with E-state index in [0.29, 0.717) is 0 Å². The monoisotopic (exact) mass is 248 g/mol. The lowest BCUT2D eigenvalue weighted by molar-refractivity contribution is 0.113. The van der Waals surface area contributed by atoms with E-state index in [2.05, 4.69) is 35.2 Å². The average Bonchev–Trinajstić information content (AvgIpc) is 2.41. The number of ether oxygens (including phenoxy) is 1. The van der Waals surface area contributed by atoms with E-state index in [1.807, 2.05) is 0 Å². The van der Waals surface area contributed by atoms with Crippen LogP contribution in [0.15, 0.2) is 30.3 Å². The summed E-state index contributed by atoms with van der Waals surface area (Å²) in [7, 11) is 1.74. The highest BCUT2D eigenvalue weighted by Gasteiger charge is 2.29. The van der Waals surface area contributed by atoms with Crippen LogP contribution in [0.3, 0.4) is 0 Å². The minimum Gasteiger partial charge on any atom is -0.385 e. The molecule has 18 heavy (non-hydrogen) atoms. The molecule has 1 heterocycles. The first-order valence-corrected chi connectivity index (χ1v) is 6.76. The van der Waals surface area contributed by atoms with E-state index < -0.39 is 0 Å². The van der Waals surface area contributed by atoms with Gasteiger partial charge in [-0.2, -0.15) is 0 Å². The van der Waals surface area contributed by atoms with Gasteiger partial charge < -0.3 is 10.5 Å². The number of rotatable bonds is 5. The third-order valence-electron chi connectivity index (χ3n) is 3.90. The van der Waals surface area contributed by atoms with Gasteiger partial charge in [-0.25, -0.2) is 0 Å². The van der Waals surface area contributed by atoms with Gasteiger partial charge in [0.1, 0.15) is 0 Å². The molecule has 3 heteroatoms. The largest absolute Gasteiger partial charge is 0.385 e. The minimum atomic E-state index is -0.0107. The molecule has 1 fully saturated rings. The van der Waals surface area contributed by atoms with Gasteiger partial charge in [-0.15, -0.1) is 0 Å². The number of benzene rings is 1. The second kappa shape index (κ2) is 6.32. The van der Waals surface area contributed by atoms with Crippen LogP contribution in [0, 0.1) is 0 Å². The predicted octanol–water partition coefficient (Wildman–Crippen LogP) is 2.02. The Morgan fingerprint density at radius 1 is 1.22 bits per heavy atom. The maximum Gasteiger partial charge on any atom is 0.0479 e. The number of hydrogen-bond acceptors (Lipinski definition) is 3. The molecule has 0 amide bonds. The summed E-state index contributed by atoms with van der Waals surface area (Å²) in [6.07, 6.45) is 3.12. The zero-order valence-electron chi connectivity index (χ0n) is 11.3. The molecule has 0 saturated carbocycles. The Labute approximate surface area is 110 Å². The third-order valence-corrected chi connectivity index (χ3v) is 3.90. The molecule has 1 aromatic carbocycles.